The molecular weight excluding hydrogens is 524 g/mol. The van der Waals surface area contributed by atoms with Crippen molar-refractivity contribution < 1.29 is 49.3 Å². The van der Waals surface area contributed by atoms with E-state index in [0.717, 1.165) is 0 Å². The van der Waals surface area contributed by atoms with Crippen molar-refractivity contribution in [3.05, 3.63) is 34.4 Å². The molecule has 6 rings (SSSR count). The molecule has 0 aromatic carbocycles. The number of Topliss-reactive ketones (excluding diaryl/α,β-unsaturated/α-hetero) is 1. The van der Waals surface area contributed by atoms with Crippen LogP contribution in [0.1, 0.15) is 63.9 Å². The Labute approximate surface area is 231 Å². The van der Waals surface area contributed by atoms with Crippen molar-refractivity contribution in [3.8, 4) is 0 Å². The summed E-state index contributed by atoms with van der Waals surface area (Å²) in [5.41, 5.74) is -3.17. The predicted octanol–water partition coefficient (Wildman–Crippen LogP) is -0.174. The van der Waals surface area contributed by atoms with Gasteiger partial charge in [-0.05, 0) is 74.3 Å². The molecule has 0 spiro atoms. The maximum Gasteiger partial charge on any atom is 0.335 e. The molecule has 0 radical (unpaired) electrons. The Hall–Kier alpha value is -1.70. The highest BCUT2D eigenvalue weighted by Crippen LogP contribution is 2.69. The highest BCUT2D eigenvalue weighted by Gasteiger charge is 2.74. The largest absolute Gasteiger partial charge is 0.431 e. The number of fused-ring (bicyclic) bond motifs is 5. The van der Waals surface area contributed by atoms with Crippen molar-refractivity contribution in [3.63, 3.8) is 0 Å². The van der Waals surface area contributed by atoms with Gasteiger partial charge in [-0.15, -0.1) is 0 Å². The Bertz CT molecular complexity index is 1180. The fraction of sp³-hybridized carbons (Fsp3) is 0.793. The van der Waals surface area contributed by atoms with Gasteiger partial charge in [-0.1, -0.05) is 6.92 Å². The molecule has 1 aliphatic heterocycles. The molecule has 14 atom stereocenters. The lowest BCUT2D eigenvalue weighted by molar-refractivity contribution is -0.305. The van der Waals surface area contributed by atoms with E-state index in [4.69, 9.17) is 13.9 Å². The molecule has 4 saturated carbocycles. The van der Waals surface area contributed by atoms with Gasteiger partial charge in [0.25, 0.3) is 0 Å². The second kappa shape index (κ2) is 9.67. The monoisotopic (exact) mass is 564 g/mol. The molecule has 5 aliphatic rings. The van der Waals surface area contributed by atoms with E-state index < -0.39 is 82.6 Å². The Kier molecular flexibility index (Phi) is 6.87. The minimum atomic E-state index is -1.47. The van der Waals surface area contributed by atoms with E-state index in [1.165, 1.54) is 12.3 Å². The van der Waals surface area contributed by atoms with Crippen molar-refractivity contribution in [2.75, 3.05) is 6.61 Å². The zero-order valence-electron chi connectivity index (χ0n) is 22.8. The van der Waals surface area contributed by atoms with Gasteiger partial charge in [0.05, 0.1) is 36.1 Å². The van der Waals surface area contributed by atoms with Gasteiger partial charge in [0.2, 0.25) is 0 Å². The van der Waals surface area contributed by atoms with E-state index in [0.29, 0.717) is 44.1 Å². The first kappa shape index (κ1) is 28.4. The lowest BCUT2D eigenvalue weighted by atomic mass is 9.41. The molecule has 5 fully saturated rings. The Balaban J connectivity index is 1.26. The summed E-state index contributed by atoms with van der Waals surface area (Å²) in [5.74, 6) is -2.14. The van der Waals surface area contributed by atoms with Crippen molar-refractivity contribution in [1.82, 2.24) is 0 Å². The minimum Gasteiger partial charge on any atom is -0.431 e. The van der Waals surface area contributed by atoms with E-state index in [2.05, 4.69) is 0 Å². The van der Waals surface area contributed by atoms with Crippen LogP contribution in [0, 0.1) is 28.6 Å². The SMILES string of the molecule is C[C@]12CC[C@@H](O[C@@H]3OC[C@@H](O)[C@H](O)[C@H]3O)[C@@H](O)[C@H]1CC[C@@H]1[C@@H]2[C@H](O)C(=O)[C@]2(C)[C@@H](c3ccc(=O)oc3)CC[C@]12O. The van der Waals surface area contributed by atoms with Crippen molar-refractivity contribution in [2.24, 2.45) is 28.6 Å². The molecule has 222 valence electrons. The summed E-state index contributed by atoms with van der Waals surface area (Å²) in [6, 6.07) is 2.93. The number of rotatable bonds is 3. The number of aliphatic hydroxyl groups is 6. The highest BCUT2D eigenvalue weighted by molar-refractivity contribution is 5.93. The van der Waals surface area contributed by atoms with Crippen LogP contribution in [0.2, 0.25) is 0 Å². The second-order valence-corrected chi connectivity index (χ2v) is 13.2. The Morgan fingerprint density at radius 2 is 1.62 bits per heavy atom. The first-order valence-electron chi connectivity index (χ1n) is 14.4. The number of aliphatic hydroxyl groups excluding tert-OH is 5. The lowest BCUT2D eigenvalue weighted by Crippen LogP contribution is -2.71. The standard InChI is InChI=1S/C29H40O11/c1-27-9-8-18(40-26-24(35)22(33)17(30)12-39-26)21(32)16(27)5-4-15-20(27)23(34)25(36)28(2)14(7-10-29(15,28)37)13-3-6-19(31)38-11-13/h3,6,11,14-18,20-24,26,30,32-35,37H,4-5,7-10,12H2,1-2H3/t14-,15-,16-,17-,18-,20-,21+,22+,23+,24-,26+,27+,28+,29+/m1/s1. The van der Waals surface area contributed by atoms with Crippen LogP contribution in [0.15, 0.2) is 27.6 Å². The molecule has 11 nitrogen and oxygen atoms in total. The maximum atomic E-state index is 14.1. The van der Waals surface area contributed by atoms with Gasteiger partial charge in [0.1, 0.15) is 24.4 Å². The number of ketones is 1. The molecule has 4 aliphatic carbocycles. The molecule has 1 aromatic heterocycles. The average molecular weight is 565 g/mol. The lowest BCUT2D eigenvalue weighted by Gasteiger charge is -2.64. The fourth-order valence-electron chi connectivity index (χ4n) is 9.42. The van der Waals surface area contributed by atoms with Crippen LogP contribution in [0.4, 0.5) is 0 Å². The molecule has 1 saturated heterocycles. The number of carbonyl (C=O) groups is 1. The van der Waals surface area contributed by atoms with Gasteiger partial charge in [-0.25, -0.2) is 4.79 Å². The van der Waals surface area contributed by atoms with Gasteiger partial charge in [0, 0.05) is 17.9 Å². The number of ether oxygens (including phenoxy) is 2. The van der Waals surface area contributed by atoms with E-state index in [1.54, 1.807) is 13.0 Å². The van der Waals surface area contributed by atoms with Gasteiger partial charge >= 0.3 is 5.63 Å². The van der Waals surface area contributed by atoms with Gasteiger partial charge in [-0.3, -0.25) is 4.79 Å². The molecule has 2 heterocycles. The van der Waals surface area contributed by atoms with Crippen LogP contribution in [0.25, 0.3) is 0 Å². The van der Waals surface area contributed by atoms with Gasteiger partial charge in [-0.2, -0.15) is 0 Å². The number of hydrogen-bond acceptors (Lipinski definition) is 11. The fourth-order valence-corrected chi connectivity index (χ4v) is 9.42. The summed E-state index contributed by atoms with van der Waals surface area (Å²) < 4.78 is 16.4. The second-order valence-electron chi connectivity index (χ2n) is 13.2. The van der Waals surface area contributed by atoms with Crippen LogP contribution in [-0.4, -0.2) is 91.5 Å². The molecular formula is C29H40O11. The summed E-state index contributed by atoms with van der Waals surface area (Å²) >= 11 is 0. The molecule has 40 heavy (non-hydrogen) atoms. The molecule has 11 heteroatoms. The Morgan fingerprint density at radius 1 is 0.900 bits per heavy atom. The zero-order valence-corrected chi connectivity index (χ0v) is 22.8. The highest BCUT2D eigenvalue weighted by atomic mass is 16.7. The summed E-state index contributed by atoms with van der Waals surface area (Å²) in [6.07, 6.45) is -4.29. The molecule has 0 bridgehead atoms. The van der Waals surface area contributed by atoms with Crippen LogP contribution in [-0.2, 0) is 14.3 Å². The minimum absolute atomic E-state index is 0.210. The summed E-state index contributed by atoms with van der Waals surface area (Å²) in [6.45, 7) is 3.49. The van der Waals surface area contributed by atoms with Crippen LogP contribution < -0.4 is 5.63 Å². The van der Waals surface area contributed by atoms with Crippen molar-refractivity contribution in [1.29, 1.82) is 0 Å². The van der Waals surface area contributed by atoms with E-state index in [1.807, 2.05) is 6.92 Å². The van der Waals surface area contributed by atoms with E-state index in [9.17, 15) is 40.2 Å². The quantitative estimate of drug-likeness (QED) is 0.268. The third-order valence-corrected chi connectivity index (χ3v) is 11.6. The number of hydrogen-bond donors (Lipinski definition) is 6. The molecule has 0 unspecified atom stereocenters. The van der Waals surface area contributed by atoms with Crippen LogP contribution in [0.5, 0.6) is 0 Å². The van der Waals surface area contributed by atoms with Gasteiger partial charge in [0.15, 0.2) is 12.1 Å². The average Bonchev–Trinajstić information content (AvgIpc) is 3.21. The zero-order chi connectivity index (χ0) is 28.8. The van der Waals surface area contributed by atoms with E-state index >= 15 is 0 Å². The summed E-state index contributed by atoms with van der Waals surface area (Å²) in [4.78, 5) is 25.6. The number of carbonyl (C=O) groups excluding carboxylic acids is 1. The van der Waals surface area contributed by atoms with Crippen molar-refractivity contribution in [2.45, 2.75) is 107 Å². The first-order chi connectivity index (χ1) is 18.8. The van der Waals surface area contributed by atoms with Crippen LogP contribution in [0.3, 0.4) is 0 Å². The summed E-state index contributed by atoms with van der Waals surface area (Å²) in [5, 5.41) is 65.6. The van der Waals surface area contributed by atoms with Crippen molar-refractivity contribution >= 4 is 5.78 Å². The molecule has 0 amide bonds. The predicted molar refractivity (Wildman–Crippen MR) is 137 cm³/mol. The first-order valence-corrected chi connectivity index (χ1v) is 14.4. The van der Waals surface area contributed by atoms with E-state index in [-0.39, 0.29) is 18.4 Å². The third kappa shape index (κ3) is 3.79. The Morgan fingerprint density at radius 3 is 2.33 bits per heavy atom. The molecule has 6 N–H and O–H groups in total. The topological polar surface area (TPSA) is 187 Å². The molecule has 1 aromatic rings. The normalized spacial score (nSPS) is 52.5. The smallest absolute Gasteiger partial charge is 0.335 e. The van der Waals surface area contributed by atoms with Gasteiger partial charge < -0.3 is 44.5 Å². The summed E-state index contributed by atoms with van der Waals surface area (Å²) in [7, 11) is 0. The van der Waals surface area contributed by atoms with Crippen LogP contribution >= 0.6 is 0 Å². The third-order valence-electron chi connectivity index (χ3n) is 11.6. The maximum absolute atomic E-state index is 14.1.